The molecule has 0 saturated carbocycles. The lowest BCUT2D eigenvalue weighted by molar-refractivity contribution is -0.123. The average molecular weight is 465 g/mol. The Kier molecular flexibility index (Phi) is 9.52. The van der Waals surface area contributed by atoms with Crippen LogP contribution in [0.2, 0.25) is 0 Å². The van der Waals surface area contributed by atoms with Crippen molar-refractivity contribution < 1.29 is 9.59 Å². The Bertz CT molecular complexity index is 951. The van der Waals surface area contributed by atoms with Crippen LogP contribution in [0.15, 0.2) is 48.5 Å². The Balaban J connectivity index is 1.41. The molecule has 6 heteroatoms. The van der Waals surface area contributed by atoms with E-state index in [1.165, 1.54) is 11.3 Å². The van der Waals surface area contributed by atoms with E-state index in [4.69, 9.17) is 0 Å². The molecular weight excluding hydrogens is 424 g/mol. The van der Waals surface area contributed by atoms with E-state index in [1.54, 1.807) is 6.07 Å². The topological polar surface area (TPSA) is 64.7 Å². The number of hydrogen-bond donors (Lipinski definition) is 2. The maximum Gasteiger partial charge on any atom is 0.252 e. The van der Waals surface area contributed by atoms with E-state index in [-0.39, 0.29) is 11.8 Å². The van der Waals surface area contributed by atoms with E-state index in [1.807, 2.05) is 25.1 Å². The number of hydrogen-bond acceptors (Lipinski definition) is 4. The third-order valence-corrected chi connectivity index (χ3v) is 6.41. The van der Waals surface area contributed by atoms with Crippen LogP contribution in [-0.2, 0) is 4.79 Å². The van der Waals surface area contributed by atoms with Crippen LogP contribution in [0.25, 0.3) is 0 Å². The highest BCUT2D eigenvalue weighted by Gasteiger charge is 2.23. The number of nitrogens with one attached hydrogen (secondary N) is 2. The first-order valence-corrected chi connectivity index (χ1v) is 12.5. The number of benzene rings is 2. The summed E-state index contributed by atoms with van der Waals surface area (Å²) in [5, 5.41) is 6.00. The average Bonchev–Trinajstić information content (AvgIpc) is 2.81. The first kappa shape index (κ1) is 25.8. The molecule has 1 fully saturated rings. The lowest BCUT2D eigenvalue weighted by Gasteiger charge is -2.36. The van der Waals surface area contributed by atoms with Crippen molar-refractivity contribution in [3.05, 3.63) is 65.2 Å². The fraction of sp³-hybridized carbons (Fsp3) is 0.500. The monoisotopic (exact) mass is 464 g/mol. The van der Waals surface area contributed by atoms with E-state index in [9.17, 15) is 9.59 Å². The fourth-order valence-corrected chi connectivity index (χ4v) is 4.46. The van der Waals surface area contributed by atoms with E-state index in [0.717, 1.165) is 44.7 Å². The molecule has 2 N–H and O–H groups in total. The number of anilines is 1. The second-order valence-electron chi connectivity index (χ2n) is 9.78. The highest BCUT2D eigenvalue weighted by molar-refractivity contribution is 5.98. The number of aryl methyl sites for hydroxylation is 2. The quantitative estimate of drug-likeness (QED) is 0.526. The Morgan fingerprint density at radius 3 is 2.38 bits per heavy atom. The molecular formula is C28H40N4O2. The summed E-state index contributed by atoms with van der Waals surface area (Å²) in [5.74, 6) is 0.0166. The first-order valence-electron chi connectivity index (χ1n) is 12.5. The van der Waals surface area contributed by atoms with Crippen molar-refractivity contribution in [2.45, 2.75) is 46.6 Å². The summed E-state index contributed by atoms with van der Waals surface area (Å²) >= 11 is 0. The third-order valence-electron chi connectivity index (χ3n) is 6.41. The van der Waals surface area contributed by atoms with Crippen molar-refractivity contribution in [2.75, 3.05) is 44.2 Å². The largest absolute Gasteiger partial charge is 0.369 e. The maximum atomic E-state index is 12.9. The number of carbonyl (C=O) groups excluding carboxylic acids is 2. The Hall–Kier alpha value is -2.86. The van der Waals surface area contributed by atoms with Crippen molar-refractivity contribution >= 4 is 17.5 Å². The highest BCUT2D eigenvalue weighted by Crippen LogP contribution is 2.18. The van der Waals surface area contributed by atoms with Crippen LogP contribution in [0.1, 0.15) is 48.2 Å². The molecule has 0 aliphatic carbocycles. The fourth-order valence-electron chi connectivity index (χ4n) is 4.46. The zero-order valence-corrected chi connectivity index (χ0v) is 21.1. The molecule has 1 aliphatic heterocycles. The summed E-state index contributed by atoms with van der Waals surface area (Å²) in [6, 6.07) is 15.6. The molecule has 2 aromatic rings. The van der Waals surface area contributed by atoms with Gasteiger partial charge in [0.15, 0.2) is 0 Å². The molecule has 0 bridgehead atoms. The van der Waals surface area contributed by atoms with E-state index < -0.39 is 6.04 Å². The smallest absolute Gasteiger partial charge is 0.252 e. The summed E-state index contributed by atoms with van der Waals surface area (Å²) < 4.78 is 0. The van der Waals surface area contributed by atoms with Crippen molar-refractivity contribution in [1.29, 1.82) is 0 Å². The number of amides is 2. The van der Waals surface area contributed by atoms with Crippen molar-refractivity contribution in [3.63, 3.8) is 0 Å². The van der Waals surface area contributed by atoms with Gasteiger partial charge in [-0.15, -0.1) is 0 Å². The van der Waals surface area contributed by atoms with Crippen LogP contribution in [-0.4, -0.2) is 62.0 Å². The van der Waals surface area contributed by atoms with Crippen LogP contribution >= 0.6 is 0 Å². The second-order valence-corrected chi connectivity index (χ2v) is 9.78. The molecule has 6 nitrogen and oxygen atoms in total. The predicted molar refractivity (Wildman–Crippen MR) is 139 cm³/mol. The third kappa shape index (κ3) is 7.59. The van der Waals surface area contributed by atoms with Gasteiger partial charge >= 0.3 is 0 Å². The summed E-state index contributed by atoms with van der Waals surface area (Å²) in [5.41, 5.74) is 4.12. The minimum atomic E-state index is -0.523. The lowest BCUT2D eigenvalue weighted by atomic mass is 10.0. The van der Waals surface area contributed by atoms with Gasteiger partial charge in [0.25, 0.3) is 5.91 Å². The molecule has 184 valence electrons. The first-order chi connectivity index (χ1) is 16.3. The van der Waals surface area contributed by atoms with Gasteiger partial charge in [-0.05, 0) is 68.5 Å². The summed E-state index contributed by atoms with van der Waals surface area (Å²) in [4.78, 5) is 30.5. The van der Waals surface area contributed by atoms with Crippen LogP contribution in [0.5, 0.6) is 0 Å². The number of piperazine rings is 1. The molecule has 1 unspecified atom stereocenters. The van der Waals surface area contributed by atoms with Gasteiger partial charge in [0.1, 0.15) is 6.04 Å². The SMILES string of the molecule is Cc1cccc(N2CCN(CCCNC(=O)C(CC(C)C)NC(=O)c3ccccc3C)CC2)c1. The van der Waals surface area contributed by atoms with Crippen LogP contribution in [0.3, 0.4) is 0 Å². The Morgan fingerprint density at radius 2 is 1.71 bits per heavy atom. The molecule has 0 spiro atoms. The molecule has 1 aliphatic rings. The number of rotatable bonds is 10. The molecule has 1 atom stereocenters. The van der Waals surface area contributed by atoms with Gasteiger partial charge in [-0.25, -0.2) is 0 Å². The van der Waals surface area contributed by atoms with Gasteiger partial charge in [-0.3, -0.25) is 14.5 Å². The van der Waals surface area contributed by atoms with Crippen molar-refractivity contribution in [3.8, 4) is 0 Å². The molecule has 0 aromatic heterocycles. The Labute approximate surface area is 204 Å². The van der Waals surface area contributed by atoms with Crippen molar-refractivity contribution in [2.24, 2.45) is 5.92 Å². The summed E-state index contributed by atoms with van der Waals surface area (Å²) in [6.45, 7) is 13.9. The number of carbonyl (C=O) groups is 2. The van der Waals surface area contributed by atoms with Crippen LogP contribution < -0.4 is 15.5 Å². The normalized spacial score (nSPS) is 15.3. The zero-order chi connectivity index (χ0) is 24.5. The Morgan fingerprint density at radius 1 is 0.971 bits per heavy atom. The molecule has 1 saturated heterocycles. The minimum Gasteiger partial charge on any atom is -0.369 e. The van der Waals surface area contributed by atoms with E-state index in [0.29, 0.717) is 24.4 Å². The maximum absolute atomic E-state index is 12.9. The molecule has 2 amide bonds. The predicted octanol–water partition coefficient (Wildman–Crippen LogP) is 3.78. The molecule has 1 heterocycles. The van der Waals surface area contributed by atoms with Crippen LogP contribution in [0, 0.1) is 19.8 Å². The number of nitrogens with zero attached hydrogens (tertiary/aromatic N) is 2. The zero-order valence-electron chi connectivity index (χ0n) is 21.1. The minimum absolute atomic E-state index is 0.0973. The van der Waals surface area contributed by atoms with Gasteiger partial charge in [0, 0.05) is 44.0 Å². The highest BCUT2D eigenvalue weighted by atomic mass is 16.2. The lowest BCUT2D eigenvalue weighted by Crippen LogP contribution is -2.49. The summed E-state index contributed by atoms with van der Waals surface area (Å²) in [6.07, 6.45) is 1.51. The standard InChI is InChI=1S/C28H40N4O2/c1-21(2)19-26(30-27(33)25-12-6-5-10-23(25)4)28(34)29-13-8-14-31-15-17-32(18-16-31)24-11-7-9-22(3)20-24/h5-7,9-12,20-21,26H,8,13-19H2,1-4H3,(H,29,34)(H,30,33). The van der Waals surface area contributed by atoms with Gasteiger partial charge in [-0.1, -0.05) is 44.2 Å². The molecule has 3 rings (SSSR count). The van der Waals surface area contributed by atoms with E-state index in [2.05, 4.69) is 65.5 Å². The molecule has 34 heavy (non-hydrogen) atoms. The van der Waals surface area contributed by atoms with Gasteiger partial charge in [0.05, 0.1) is 0 Å². The molecule has 2 aromatic carbocycles. The second kappa shape index (κ2) is 12.6. The van der Waals surface area contributed by atoms with Crippen molar-refractivity contribution in [1.82, 2.24) is 15.5 Å². The van der Waals surface area contributed by atoms with E-state index >= 15 is 0 Å². The van der Waals surface area contributed by atoms with Crippen LogP contribution in [0.4, 0.5) is 5.69 Å². The summed E-state index contributed by atoms with van der Waals surface area (Å²) in [7, 11) is 0. The molecule has 0 radical (unpaired) electrons. The van der Waals surface area contributed by atoms with Gasteiger partial charge < -0.3 is 15.5 Å². The van der Waals surface area contributed by atoms with Gasteiger partial charge in [0.2, 0.25) is 5.91 Å². The van der Waals surface area contributed by atoms with Gasteiger partial charge in [-0.2, -0.15) is 0 Å².